The molecule has 3 rings (SSSR count). The molecule has 0 unspecified atom stereocenters. The van der Waals surface area contributed by atoms with Crippen molar-refractivity contribution < 1.29 is 19.4 Å². The van der Waals surface area contributed by atoms with Crippen LogP contribution in [0.4, 0.5) is 0 Å². The minimum atomic E-state index is -0.537. The fraction of sp³-hybridized carbons (Fsp3) is 0.600. The van der Waals surface area contributed by atoms with Gasteiger partial charge >= 0.3 is 0 Å². The van der Waals surface area contributed by atoms with Gasteiger partial charge < -0.3 is 19.5 Å². The first-order valence-electron chi connectivity index (χ1n) is 7.49. The van der Waals surface area contributed by atoms with E-state index in [9.17, 15) is 9.90 Å². The van der Waals surface area contributed by atoms with Gasteiger partial charge in [-0.15, -0.1) is 0 Å². The van der Waals surface area contributed by atoms with Gasteiger partial charge in [0.1, 0.15) is 5.56 Å². The molecule has 7 heteroatoms. The Bertz CT molecular complexity index is 533. The molecule has 0 aromatic carbocycles. The molecule has 1 amide bonds. The molecule has 22 heavy (non-hydrogen) atoms. The number of methoxy groups -OCH3 is 1. The van der Waals surface area contributed by atoms with Crippen LogP contribution in [0.3, 0.4) is 0 Å². The average Bonchev–Trinajstić information content (AvgIpc) is 2.97. The van der Waals surface area contributed by atoms with Crippen LogP contribution in [-0.2, 0) is 4.74 Å². The molecule has 2 fully saturated rings. The molecule has 0 saturated carbocycles. The highest BCUT2D eigenvalue weighted by Crippen LogP contribution is 2.22. The number of likely N-dealkylation sites (tertiary alicyclic amines) is 1. The Balaban J connectivity index is 1.72. The van der Waals surface area contributed by atoms with E-state index in [0.29, 0.717) is 37.7 Å². The van der Waals surface area contributed by atoms with Gasteiger partial charge in [0.15, 0.2) is 0 Å². The van der Waals surface area contributed by atoms with Gasteiger partial charge in [-0.3, -0.25) is 9.69 Å². The van der Waals surface area contributed by atoms with Crippen LogP contribution in [0.2, 0.25) is 0 Å². The molecular formula is C15H21N3O4. The number of hydrogen-bond donors (Lipinski definition) is 1. The summed E-state index contributed by atoms with van der Waals surface area (Å²) in [5.74, 6) is 0.163. The lowest BCUT2D eigenvalue weighted by atomic mass is 10.1. The summed E-state index contributed by atoms with van der Waals surface area (Å²) >= 11 is 0. The number of pyridine rings is 1. The zero-order valence-corrected chi connectivity index (χ0v) is 12.6. The van der Waals surface area contributed by atoms with Crippen molar-refractivity contribution in [2.24, 2.45) is 0 Å². The molecule has 1 aromatic heterocycles. The zero-order chi connectivity index (χ0) is 15.5. The van der Waals surface area contributed by atoms with E-state index in [-0.39, 0.29) is 11.9 Å². The third-order valence-electron chi connectivity index (χ3n) is 4.26. The minimum absolute atomic E-state index is 0.0319. The average molecular weight is 307 g/mol. The molecule has 1 aromatic rings. The SMILES string of the molecule is COc1ncccc1C(=O)N1C[C@H](O)[C@@H](N2CCOCC2)C1. The summed E-state index contributed by atoms with van der Waals surface area (Å²) in [6, 6.07) is 3.38. The minimum Gasteiger partial charge on any atom is -0.480 e. The van der Waals surface area contributed by atoms with Gasteiger partial charge in [0.25, 0.3) is 5.91 Å². The van der Waals surface area contributed by atoms with Gasteiger partial charge in [-0.1, -0.05) is 0 Å². The van der Waals surface area contributed by atoms with E-state index >= 15 is 0 Å². The Morgan fingerprint density at radius 3 is 2.91 bits per heavy atom. The number of hydrogen-bond acceptors (Lipinski definition) is 6. The summed E-state index contributed by atoms with van der Waals surface area (Å²) in [4.78, 5) is 20.6. The summed E-state index contributed by atoms with van der Waals surface area (Å²) in [6.45, 7) is 3.78. The maximum Gasteiger partial charge on any atom is 0.259 e. The van der Waals surface area contributed by atoms with E-state index in [4.69, 9.17) is 9.47 Å². The van der Waals surface area contributed by atoms with Crippen molar-refractivity contribution >= 4 is 5.91 Å². The fourth-order valence-corrected chi connectivity index (χ4v) is 3.09. The Morgan fingerprint density at radius 2 is 2.18 bits per heavy atom. The largest absolute Gasteiger partial charge is 0.480 e. The lowest BCUT2D eigenvalue weighted by molar-refractivity contribution is -0.00611. The van der Waals surface area contributed by atoms with E-state index in [1.165, 1.54) is 7.11 Å². The Labute approximate surface area is 129 Å². The molecule has 0 bridgehead atoms. The van der Waals surface area contributed by atoms with Crippen molar-refractivity contribution in [1.29, 1.82) is 0 Å². The highest BCUT2D eigenvalue weighted by atomic mass is 16.5. The number of rotatable bonds is 3. The smallest absolute Gasteiger partial charge is 0.259 e. The summed E-state index contributed by atoms with van der Waals surface area (Å²) in [7, 11) is 1.49. The molecule has 0 radical (unpaired) electrons. The predicted molar refractivity (Wildman–Crippen MR) is 78.9 cm³/mol. The van der Waals surface area contributed by atoms with E-state index < -0.39 is 6.10 Å². The highest BCUT2D eigenvalue weighted by Gasteiger charge is 2.38. The first-order chi connectivity index (χ1) is 10.7. The number of amides is 1. The second-order valence-electron chi connectivity index (χ2n) is 5.55. The van der Waals surface area contributed by atoms with Crippen LogP contribution in [0.25, 0.3) is 0 Å². The van der Waals surface area contributed by atoms with Crippen LogP contribution >= 0.6 is 0 Å². The Morgan fingerprint density at radius 1 is 1.41 bits per heavy atom. The molecule has 2 aliphatic heterocycles. The van der Waals surface area contributed by atoms with Gasteiger partial charge in [0.05, 0.1) is 32.5 Å². The summed E-state index contributed by atoms with van der Waals surface area (Å²) in [6.07, 6.45) is 1.05. The second-order valence-corrected chi connectivity index (χ2v) is 5.55. The summed E-state index contributed by atoms with van der Waals surface area (Å²) < 4.78 is 10.5. The van der Waals surface area contributed by atoms with E-state index in [0.717, 1.165) is 13.1 Å². The molecule has 3 heterocycles. The van der Waals surface area contributed by atoms with Gasteiger partial charge in [-0.05, 0) is 12.1 Å². The number of aliphatic hydroxyl groups excluding tert-OH is 1. The number of nitrogens with zero attached hydrogens (tertiary/aromatic N) is 3. The number of carbonyl (C=O) groups excluding carboxylic acids is 1. The van der Waals surface area contributed by atoms with Crippen molar-refractivity contribution in [3.63, 3.8) is 0 Å². The lowest BCUT2D eigenvalue weighted by Crippen LogP contribution is -2.49. The van der Waals surface area contributed by atoms with Crippen molar-refractivity contribution in [3.8, 4) is 5.88 Å². The van der Waals surface area contributed by atoms with Crippen molar-refractivity contribution in [3.05, 3.63) is 23.9 Å². The number of morpholine rings is 1. The maximum absolute atomic E-state index is 12.7. The molecule has 2 aliphatic rings. The normalized spacial score (nSPS) is 26.2. The topological polar surface area (TPSA) is 75.1 Å². The Kier molecular flexibility index (Phi) is 4.56. The molecule has 1 N–H and O–H groups in total. The molecular weight excluding hydrogens is 286 g/mol. The number of β-amino-alcohol motifs (C(OH)–C–C–N with tert-alkyl or cyclic N) is 1. The third kappa shape index (κ3) is 2.92. The van der Waals surface area contributed by atoms with Gasteiger partial charge in [0, 0.05) is 32.4 Å². The van der Waals surface area contributed by atoms with E-state index in [2.05, 4.69) is 9.88 Å². The molecule has 0 aliphatic carbocycles. The van der Waals surface area contributed by atoms with Gasteiger partial charge in [-0.2, -0.15) is 0 Å². The maximum atomic E-state index is 12.7. The standard InChI is InChI=1S/C15H21N3O4/c1-21-14-11(3-2-4-16-14)15(20)18-9-12(13(19)10-18)17-5-7-22-8-6-17/h2-4,12-13,19H,5-10H2,1H3/t12-,13-/m0/s1. The fourth-order valence-electron chi connectivity index (χ4n) is 3.09. The third-order valence-corrected chi connectivity index (χ3v) is 4.26. The van der Waals surface area contributed by atoms with Crippen LogP contribution in [-0.4, -0.2) is 84.4 Å². The summed E-state index contributed by atoms with van der Waals surface area (Å²) in [5.41, 5.74) is 0.430. The second kappa shape index (κ2) is 6.60. The van der Waals surface area contributed by atoms with Crippen molar-refractivity contribution in [2.45, 2.75) is 12.1 Å². The summed E-state index contributed by atoms with van der Waals surface area (Å²) in [5, 5.41) is 10.3. The van der Waals surface area contributed by atoms with Gasteiger partial charge in [-0.25, -0.2) is 4.98 Å². The zero-order valence-electron chi connectivity index (χ0n) is 12.6. The van der Waals surface area contributed by atoms with Crippen LogP contribution in [0, 0.1) is 0 Å². The molecule has 2 atom stereocenters. The quantitative estimate of drug-likeness (QED) is 0.819. The van der Waals surface area contributed by atoms with Crippen LogP contribution in [0.5, 0.6) is 5.88 Å². The molecule has 0 spiro atoms. The van der Waals surface area contributed by atoms with Crippen LogP contribution in [0.1, 0.15) is 10.4 Å². The predicted octanol–water partition coefficient (Wildman–Crippen LogP) is -0.392. The monoisotopic (exact) mass is 307 g/mol. The number of ether oxygens (including phenoxy) is 2. The van der Waals surface area contributed by atoms with Crippen LogP contribution in [0.15, 0.2) is 18.3 Å². The van der Waals surface area contributed by atoms with E-state index in [1.807, 2.05) is 0 Å². The number of aliphatic hydroxyl groups is 1. The van der Waals surface area contributed by atoms with Crippen molar-refractivity contribution in [1.82, 2.24) is 14.8 Å². The molecule has 7 nitrogen and oxygen atoms in total. The Hall–Kier alpha value is -1.70. The van der Waals surface area contributed by atoms with Gasteiger partial charge in [0.2, 0.25) is 5.88 Å². The molecule has 120 valence electrons. The molecule has 2 saturated heterocycles. The number of aromatic nitrogens is 1. The number of carbonyl (C=O) groups is 1. The lowest BCUT2D eigenvalue weighted by Gasteiger charge is -2.33. The van der Waals surface area contributed by atoms with E-state index in [1.54, 1.807) is 23.2 Å². The first kappa shape index (κ1) is 15.2. The van der Waals surface area contributed by atoms with Crippen LogP contribution < -0.4 is 4.74 Å². The van der Waals surface area contributed by atoms with Crippen molar-refractivity contribution in [2.75, 3.05) is 46.5 Å². The first-order valence-corrected chi connectivity index (χ1v) is 7.49. The highest BCUT2D eigenvalue weighted by molar-refractivity contribution is 5.96.